The Morgan fingerprint density at radius 3 is 3.16 bits per heavy atom. The molecule has 3 rings (SSSR count). The van der Waals surface area contributed by atoms with Crippen molar-refractivity contribution in [2.24, 2.45) is 0 Å². The molecule has 0 radical (unpaired) electrons. The molecule has 1 aliphatic carbocycles. The standard InChI is InChI=1S/C15H25N3O/c1-12(9-16-10-13-5-4-8-19-13)18-11-17-14-6-2-3-7-15(14)18/h11-13,16H,2-10H2,1H3. The van der Waals surface area contributed by atoms with E-state index in [4.69, 9.17) is 4.74 Å². The van der Waals surface area contributed by atoms with Crippen LogP contribution in [0.5, 0.6) is 0 Å². The Bertz CT molecular complexity index is 410. The van der Waals surface area contributed by atoms with Gasteiger partial charge in [-0.2, -0.15) is 0 Å². The van der Waals surface area contributed by atoms with Crippen LogP contribution in [-0.2, 0) is 17.6 Å². The summed E-state index contributed by atoms with van der Waals surface area (Å²) in [6.45, 7) is 5.21. The molecule has 1 fully saturated rings. The van der Waals surface area contributed by atoms with Crippen molar-refractivity contribution in [1.29, 1.82) is 0 Å². The SMILES string of the molecule is CC(CNCC1CCCO1)n1cnc2c1CCCC2. The average molecular weight is 263 g/mol. The van der Waals surface area contributed by atoms with Gasteiger partial charge in [-0.3, -0.25) is 0 Å². The Labute approximate surface area is 115 Å². The Morgan fingerprint density at radius 1 is 1.42 bits per heavy atom. The summed E-state index contributed by atoms with van der Waals surface area (Å²) in [7, 11) is 0. The Morgan fingerprint density at radius 2 is 2.32 bits per heavy atom. The van der Waals surface area contributed by atoms with Crippen molar-refractivity contribution in [3.8, 4) is 0 Å². The largest absolute Gasteiger partial charge is 0.377 e. The number of rotatable bonds is 5. The first-order valence-corrected chi connectivity index (χ1v) is 7.71. The maximum Gasteiger partial charge on any atom is 0.0954 e. The van der Waals surface area contributed by atoms with Crippen molar-refractivity contribution in [1.82, 2.24) is 14.9 Å². The van der Waals surface area contributed by atoms with Gasteiger partial charge in [0.15, 0.2) is 0 Å². The number of aryl methyl sites for hydroxylation is 1. The molecular weight excluding hydrogens is 238 g/mol. The van der Waals surface area contributed by atoms with Crippen LogP contribution in [0.4, 0.5) is 0 Å². The predicted molar refractivity (Wildman–Crippen MR) is 75.4 cm³/mol. The van der Waals surface area contributed by atoms with Crippen LogP contribution >= 0.6 is 0 Å². The van der Waals surface area contributed by atoms with Gasteiger partial charge in [0.1, 0.15) is 0 Å². The minimum atomic E-state index is 0.434. The molecule has 0 bridgehead atoms. The van der Waals surface area contributed by atoms with E-state index in [1.54, 1.807) is 0 Å². The van der Waals surface area contributed by atoms with E-state index in [-0.39, 0.29) is 0 Å². The van der Waals surface area contributed by atoms with Gasteiger partial charge in [-0.25, -0.2) is 4.98 Å². The molecule has 0 saturated carbocycles. The third kappa shape index (κ3) is 3.00. The highest BCUT2D eigenvalue weighted by atomic mass is 16.5. The fourth-order valence-corrected chi connectivity index (χ4v) is 3.23. The molecule has 19 heavy (non-hydrogen) atoms. The van der Waals surface area contributed by atoms with Crippen LogP contribution in [-0.4, -0.2) is 35.4 Å². The lowest BCUT2D eigenvalue weighted by molar-refractivity contribution is 0.109. The number of hydrogen-bond acceptors (Lipinski definition) is 3. The van der Waals surface area contributed by atoms with E-state index in [2.05, 4.69) is 21.8 Å². The smallest absolute Gasteiger partial charge is 0.0954 e. The molecule has 2 unspecified atom stereocenters. The lowest BCUT2D eigenvalue weighted by Gasteiger charge is -2.20. The summed E-state index contributed by atoms with van der Waals surface area (Å²) in [5.74, 6) is 0. The highest BCUT2D eigenvalue weighted by molar-refractivity contribution is 5.17. The van der Waals surface area contributed by atoms with Crippen molar-refractivity contribution < 1.29 is 4.74 Å². The van der Waals surface area contributed by atoms with Crippen molar-refractivity contribution in [3.63, 3.8) is 0 Å². The van der Waals surface area contributed by atoms with Crippen molar-refractivity contribution in [3.05, 3.63) is 17.7 Å². The van der Waals surface area contributed by atoms with Crippen molar-refractivity contribution in [2.75, 3.05) is 19.7 Å². The van der Waals surface area contributed by atoms with E-state index in [1.807, 2.05) is 6.33 Å². The lowest BCUT2D eigenvalue weighted by Crippen LogP contribution is -2.31. The summed E-state index contributed by atoms with van der Waals surface area (Å²) in [5, 5.41) is 3.55. The van der Waals surface area contributed by atoms with Gasteiger partial charge in [0.25, 0.3) is 0 Å². The summed E-state index contributed by atoms with van der Waals surface area (Å²) in [6, 6.07) is 0.482. The quantitative estimate of drug-likeness (QED) is 0.884. The summed E-state index contributed by atoms with van der Waals surface area (Å²) >= 11 is 0. The van der Waals surface area contributed by atoms with E-state index in [9.17, 15) is 0 Å². The van der Waals surface area contributed by atoms with E-state index in [0.717, 1.165) is 19.7 Å². The van der Waals surface area contributed by atoms with Gasteiger partial charge in [0.05, 0.1) is 18.1 Å². The number of imidazole rings is 1. The van der Waals surface area contributed by atoms with Gasteiger partial charge in [0.2, 0.25) is 0 Å². The third-order valence-corrected chi connectivity index (χ3v) is 4.37. The van der Waals surface area contributed by atoms with Crippen LogP contribution in [0.1, 0.15) is 50.0 Å². The molecule has 4 heteroatoms. The fraction of sp³-hybridized carbons (Fsp3) is 0.800. The number of nitrogens with one attached hydrogen (secondary N) is 1. The van der Waals surface area contributed by atoms with Gasteiger partial charge in [-0.05, 0) is 45.4 Å². The van der Waals surface area contributed by atoms with Gasteiger partial charge < -0.3 is 14.6 Å². The normalized spacial score (nSPS) is 24.4. The van der Waals surface area contributed by atoms with Crippen LogP contribution in [0.2, 0.25) is 0 Å². The molecule has 4 nitrogen and oxygen atoms in total. The molecule has 1 aliphatic heterocycles. The second kappa shape index (κ2) is 6.06. The summed E-state index contributed by atoms with van der Waals surface area (Å²) in [6.07, 6.45) is 9.88. The molecular formula is C15H25N3O. The number of hydrogen-bond donors (Lipinski definition) is 1. The first-order chi connectivity index (χ1) is 9.34. The topological polar surface area (TPSA) is 39.1 Å². The molecule has 2 heterocycles. The first-order valence-electron chi connectivity index (χ1n) is 7.71. The molecule has 0 aromatic carbocycles. The zero-order valence-electron chi connectivity index (χ0n) is 11.9. The number of ether oxygens (including phenoxy) is 1. The molecule has 106 valence electrons. The minimum Gasteiger partial charge on any atom is -0.377 e. The molecule has 2 atom stereocenters. The fourth-order valence-electron chi connectivity index (χ4n) is 3.23. The maximum atomic E-state index is 5.63. The predicted octanol–water partition coefficient (Wildman–Crippen LogP) is 2.09. The van der Waals surface area contributed by atoms with Gasteiger partial charge >= 0.3 is 0 Å². The van der Waals surface area contributed by atoms with Gasteiger partial charge in [-0.15, -0.1) is 0 Å². The molecule has 1 aromatic rings. The van der Waals surface area contributed by atoms with E-state index in [0.29, 0.717) is 12.1 Å². The molecule has 0 spiro atoms. The highest BCUT2D eigenvalue weighted by Gasteiger charge is 2.19. The summed E-state index contributed by atoms with van der Waals surface area (Å²) in [4.78, 5) is 4.57. The first kappa shape index (κ1) is 13.1. The summed E-state index contributed by atoms with van der Waals surface area (Å²) in [5.41, 5.74) is 2.80. The Kier molecular flexibility index (Phi) is 4.18. The van der Waals surface area contributed by atoms with E-state index >= 15 is 0 Å². The molecule has 0 amide bonds. The van der Waals surface area contributed by atoms with Gasteiger partial charge in [-0.1, -0.05) is 0 Å². The van der Waals surface area contributed by atoms with Crippen molar-refractivity contribution >= 4 is 0 Å². The van der Waals surface area contributed by atoms with Crippen LogP contribution in [0.25, 0.3) is 0 Å². The minimum absolute atomic E-state index is 0.434. The number of nitrogens with zero attached hydrogens (tertiary/aromatic N) is 2. The Balaban J connectivity index is 1.52. The van der Waals surface area contributed by atoms with E-state index < -0.39 is 0 Å². The second-order valence-corrected chi connectivity index (χ2v) is 5.89. The monoisotopic (exact) mass is 263 g/mol. The highest BCUT2D eigenvalue weighted by Crippen LogP contribution is 2.22. The third-order valence-electron chi connectivity index (χ3n) is 4.37. The van der Waals surface area contributed by atoms with Crippen LogP contribution in [0.3, 0.4) is 0 Å². The summed E-state index contributed by atoms with van der Waals surface area (Å²) < 4.78 is 8.01. The average Bonchev–Trinajstić information content (AvgIpc) is 3.07. The maximum absolute atomic E-state index is 5.63. The van der Waals surface area contributed by atoms with E-state index in [1.165, 1.54) is 49.9 Å². The second-order valence-electron chi connectivity index (χ2n) is 5.89. The Hall–Kier alpha value is -0.870. The molecule has 1 aromatic heterocycles. The molecule has 1 saturated heterocycles. The zero-order chi connectivity index (χ0) is 13.1. The van der Waals surface area contributed by atoms with Crippen LogP contribution < -0.4 is 5.32 Å². The zero-order valence-corrected chi connectivity index (χ0v) is 11.9. The van der Waals surface area contributed by atoms with Crippen LogP contribution in [0.15, 0.2) is 6.33 Å². The number of fused-ring (bicyclic) bond motifs is 1. The van der Waals surface area contributed by atoms with Crippen molar-refractivity contribution in [2.45, 2.75) is 57.6 Å². The molecule has 1 N–H and O–H groups in total. The number of aromatic nitrogens is 2. The van der Waals surface area contributed by atoms with Crippen LogP contribution in [0, 0.1) is 0 Å². The van der Waals surface area contributed by atoms with Gasteiger partial charge in [0, 0.05) is 31.4 Å². The molecule has 2 aliphatic rings. The lowest BCUT2D eigenvalue weighted by atomic mass is 10.0.